The van der Waals surface area contributed by atoms with Gasteiger partial charge in [-0.05, 0) is 55.3 Å². The van der Waals surface area contributed by atoms with Crippen LogP contribution in [-0.4, -0.2) is 41.8 Å². The van der Waals surface area contributed by atoms with Crippen molar-refractivity contribution in [1.82, 2.24) is 14.8 Å². The molecular formula is C21H19FN4O4S. The molecule has 0 amide bonds. The maximum Gasteiger partial charge on any atom is 0.300 e. The van der Waals surface area contributed by atoms with E-state index in [-0.39, 0.29) is 23.0 Å². The van der Waals surface area contributed by atoms with E-state index in [2.05, 4.69) is 15.4 Å². The van der Waals surface area contributed by atoms with Crippen LogP contribution in [0.1, 0.15) is 12.8 Å². The minimum Gasteiger partial charge on any atom is -0.497 e. The molecule has 0 bridgehead atoms. The molecule has 5 rings (SSSR count). The summed E-state index contributed by atoms with van der Waals surface area (Å²) in [5, 5.41) is 7.78. The van der Waals surface area contributed by atoms with E-state index >= 15 is 0 Å². The van der Waals surface area contributed by atoms with Gasteiger partial charge in [0.05, 0.1) is 18.6 Å². The van der Waals surface area contributed by atoms with Crippen LogP contribution in [0, 0.1) is 5.82 Å². The predicted molar refractivity (Wildman–Crippen MR) is 113 cm³/mol. The van der Waals surface area contributed by atoms with Crippen molar-refractivity contribution < 1.29 is 17.5 Å². The van der Waals surface area contributed by atoms with Crippen molar-refractivity contribution in [2.45, 2.75) is 18.5 Å². The fourth-order valence-corrected chi connectivity index (χ4v) is 6.06. The van der Waals surface area contributed by atoms with E-state index in [1.165, 1.54) is 22.9 Å². The lowest BCUT2D eigenvalue weighted by molar-refractivity contribution is 0.290. The third-order valence-electron chi connectivity index (χ3n) is 5.67. The highest BCUT2D eigenvalue weighted by Gasteiger charge is 2.46. The van der Waals surface area contributed by atoms with E-state index in [0.29, 0.717) is 35.4 Å². The van der Waals surface area contributed by atoms with Crippen molar-refractivity contribution in [3.63, 3.8) is 0 Å². The molecular weight excluding hydrogens is 423 g/mol. The van der Waals surface area contributed by atoms with Gasteiger partial charge in [0, 0.05) is 16.8 Å². The van der Waals surface area contributed by atoms with Crippen molar-refractivity contribution in [2.75, 3.05) is 23.9 Å². The van der Waals surface area contributed by atoms with E-state index in [0.717, 1.165) is 0 Å². The van der Waals surface area contributed by atoms with Crippen LogP contribution in [0.5, 0.6) is 5.75 Å². The van der Waals surface area contributed by atoms with Gasteiger partial charge in [0.25, 0.3) is 5.56 Å². The number of fused-ring (bicyclic) bond motifs is 4. The first kappa shape index (κ1) is 19.7. The molecule has 1 atom stereocenters. The van der Waals surface area contributed by atoms with Gasteiger partial charge in [0.1, 0.15) is 17.2 Å². The highest BCUT2D eigenvalue weighted by molar-refractivity contribution is 7.91. The first-order valence-electron chi connectivity index (χ1n) is 9.75. The molecule has 8 nitrogen and oxygen atoms in total. The summed E-state index contributed by atoms with van der Waals surface area (Å²) in [5.41, 5.74) is -0.200. The first-order chi connectivity index (χ1) is 14.8. The first-order valence-corrected chi connectivity index (χ1v) is 11.6. The van der Waals surface area contributed by atoms with Gasteiger partial charge in [-0.1, -0.05) is 0 Å². The maximum atomic E-state index is 13.9. The van der Waals surface area contributed by atoms with Crippen molar-refractivity contribution in [3.05, 3.63) is 58.6 Å². The largest absolute Gasteiger partial charge is 0.497 e. The van der Waals surface area contributed by atoms with Gasteiger partial charge < -0.3 is 10.1 Å². The molecule has 1 aromatic heterocycles. The predicted octanol–water partition coefficient (Wildman–Crippen LogP) is 2.41. The maximum absolute atomic E-state index is 13.9. The molecule has 2 aromatic carbocycles. The molecule has 160 valence electrons. The zero-order valence-electron chi connectivity index (χ0n) is 16.6. The van der Waals surface area contributed by atoms with Gasteiger partial charge in [0.2, 0.25) is 0 Å². The smallest absolute Gasteiger partial charge is 0.300 e. The molecule has 1 spiro atoms. The highest BCUT2D eigenvalue weighted by atomic mass is 32.2. The normalized spacial score (nSPS) is 21.1. The highest BCUT2D eigenvalue weighted by Crippen LogP contribution is 2.41. The molecule has 1 saturated heterocycles. The molecule has 0 aliphatic carbocycles. The standard InChI is InChI=1S/C21H19FN4O4S/c1-30-15-6-3-13(4-7-15)18-20(27)23-19-16-8-5-14(22)11-17(16)24-21(26(19)25-18)9-2-10-31(28,29)12-21/h3-8,11,24H,2,9-10,12H2,1H3. The Bertz CT molecular complexity index is 1350. The Hall–Kier alpha value is -3.27. The third-order valence-corrected chi connectivity index (χ3v) is 7.50. The topological polar surface area (TPSA) is 103 Å². The number of ether oxygens (including phenoxy) is 1. The summed E-state index contributed by atoms with van der Waals surface area (Å²) in [6.07, 6.45) is 0.847. The number of sulfone groups is 1. The van der Waals surface area contributed by atoms with Gasteiger partial charge in [-0.15, -0.1) is 0 Å². The van der Waals surface area contributed by atoms with Gasteiger partial charge >= 0.3 is 0 Å². The van der Waals surface area contributed by atoms with Crippen molar-refractivity contribution in [1.29, 1.82) is 0 Å². The number of methoxy groups -OCH3 is 1. The number of benzene rings is 2. The monoisotopic (exact) mass is 442 g/mol. The second kappa shape index (κ2) is 6.88. The lowest BCUT2D eigenvalue weighted by atomic mass is 9.99. The third kappa shape index (κ3) is 3.27. The Kier molecular flexibility index (Phi) is 4.37. The van der Waals surface area contributed by atoms with Crippen LogP contribution >= 0.6 is 0 Å². The second-order valence-corrected chi connectivity index (χ2v) is 9.96. The van der Waals surface area contributed by atoms with Gasteiger partial charge in [0.15, 0.2) is 21.4 Å². The summed E-state index contributed by atoms with van der Waals surface area (Å²) in [6.45, 7) is 0. The quantitative estimate of drug-likeness (QED) is 0.650. The SMILES string of the molecule is COc1ccc(-c2nn3c(nc2=O)-c2ccc(F)cc2NC32CCCS(=O)(=O)C2)cc1. The molecule has 31 heavy (non-hydrogen) atoms. The summed E-state index contributed by atoms with van der Waals surface area (Å²) in [5.74, 6) is 0.206. The number of halogens is 1. The van der Waals surface area contributed by atoms with Gasteiger partial charge in [-0.2, -0.15) is 10.1 Å². The van der Waals surface area contributed by atoms with Crippen LogP contribution < -0.4 is 15.6 Å². The van der Waals surface area contributed by atoms with Crippen LogP contribution in [-0.2, 0) is 15.5 Å². The molecule has 3 aromatic rings. The average molecular weight is 442 g/mol. The molecule has 0 saturated carbocycles. The van der Waals surface area contributed by atoms with Crippen LogP contribution in [0.15, 0.2) is 47.3 Å². The minimum absolute atomic E-state index is 0.0702. The summed E-state index contributed by atoms with van der Waals surface area (Å²) < 4.78 is 45.7. The zero-order valence-corrected chi connectivity index (χ0v) is 17.4. The Balaban J connectivity index is 1.76. The van der Waals surface area contributed by atoms with E-state index in [4.69, 9.17) is 4.74 Å². The molecule has 3 heterocycles. The van der Waals surface area contributed by atoms with Crippen molar-refractivity contribution in [2.24, 2.45) is 0 Å². The van der Waals surface area contributed by atoms with Crippen LogP contribution in [0.2, 0.25) is 0 Å². The van der Waals surface area contributed by atoms with Crippen LogP contribution in [0.25, 0.3) is 22.6 Å². The zero-order chi connectivity index (χ0) is 21.8. The van der Waals surface area contributed by atoms with Crippen LogP contribution in [0.4, 0.5) is 10.1 Å². The Morgan fingerprint density at radius 1 is 1.19 bits per heavy atom. The molecule has 2 aliphatic heterocycles. The van der Waals surface area contributed by atoms with E-state index in [1.54, 1.807) is 31.4 Å². The fourth-order valence-electron chi connectivity index (χ4n) is 4.27. The van der Waals surface area contributed by atoms with E-state index in [9.17, 15) is 17.6 Å². The Morgan fingerprint density at radius 3 is 2.68 bits per heavy atom. The average Bonchev–Trinajstić information content (AvgIpc) is 2.72. The summed E-state index contributed by atoms with van der Waals surface area (Å²) in [4.78, 5) is 17.1. The molecule has 1 N–H and O–H groups in total. The summed E-state index contributed by atoms with van der Waals surface area (Å²) >= 11 is 0. The van der Waals surface area contributed by atoms with Crippen LogP contribution in [0.3, 0.4) is 0 Å². The number of hydrogen-bond donors (Lipinski definition) is 1. The van der Waals surface area contributed by atoms with Gasteiger partial charge in [-0.3, -0.25) is 4.79 Å². The number of hydrogen-bond acceptors (Lipinski definition) is 7. The Morgan fingerprint density at radius 2 is 1.97 bits per heavy atom. The lowest BCUT2D eigenvalue weighted by Crippen LogP contribution is -2.54. The molecule has 2 aliphatic rings. The van der Waals surface area contributed by atoms with Gasteiger partial charge in [-0.25, -0.2) is 17.5 Å². The fraction of sp³-hybridized carbons (Fsp3) is 0.286. The summed E-state index contributed by atoms with van der Waals surface area (Å²) in [6, 6.07) is 10.9. The van der Waals surface area contributed by atoms with E-state index in [1.807, 2.05) is 0 Å². The second-order valence-electron chi connectivity index (χ2n) is 7.77. The van der Waals surface area contributed by atoms with Crippen molar-refractivity contribution in [3.8, 4) is 28.4 Å². The number of anilines is 1. The van der Waals surface area contributed by atoms with E-state index < -0.39 is 26.9 Å². The molecule has 1 unspecified atom stereocenters. The number of rotatable bonds is 2. The number of aromatic nitrogens is 3. The minimum atomic E-state index is -3.38. The number of nitrogens with zero attached hydrogens (tertiary/aromatic N) is 3. The molecule has 1 fully saturated rings. The van der Waals surface area contributed by atoms with Crippen molar-refractivity contribution >= 4 is 15.5 Å². The Labute approximate surface area is 177 Å². The summed E-state index contributed by atoms with van der Waals surface area (Å²) in [7, 11) is -1.84. The number of nitrogens with one attached hydrogen (secondary N) is 1. The molecule has 10 heteroatoms. The molecule has 0 radical (unpaired) electrons. The lowest BCUT2D eigenvalue weighted by Gasteiger charge is -2.43.